The summed E-state index contributed by atoms with van der Waals surface area (Å²) in [4.78, 5) is 51.4. The molecule has 3 aliphatic carbocycles. The number of halogens is 25. The summed E-state index contributed by atoms with van der Waals surface area (Å²) < 4.78 is 379. The fourth-order valence-corrected chi connectivity index (χ4v) is 17.2. The highest BCUT2D eigenvalue weighted by Gasteiger charge is 2.49. The number of benzene rings is 10. The molecule has 0 unspecified atom stereocenters. The molecule has 5 amide bonds. The zero-order chi connectivity index (χ0) is 107. The van der Waals surface area contributed by atoms with Gasteiger partial charge in [-0.1, -0.05) is 128 Å². The highest BCUT2D eigenvalue weighted by molar-refractivity contribution is 5.95. The normalized spacial score (nSPS) is 17.1. The lowest BCUT2D eigenvalue weighted by molar-refractivity contribution is -0.275. The molecule has 10 aromatic rings. The van der Waals surface area contributed by atoms with Gasteiger partial charge in [-0.05, 0) is 241 Å². The zero-order valence-corrected chi connectivity index (χ0v) is 77.5. The first-order valence-corrected chi connectivity index (χ1v) is 44.9. The molecule has 147 heavy (non-hydrogen) atoms. The third-order valence-electron chi connectivity index (χ3n) is 24.4. The van der Waals surface area contributed by atoms with Gasteiger partial charge in [-0.15, -0.1) is 52.7 Å². The number of urea groups is 2. The molecule has 0 saturated heterocycles. The van der Waals surface area contributed by atoms with Crippen molar-refractivity contribution >= 4 is 23.9 Å². The Labute approximate surface area is 824 Å². The number of allylic oxidation sites excluding steroid dienone is 2. The van der Waals surface area contributed by atoms with E-state index in [1.807, 2.05) is 0 Å². The molecule has 790 valence electrons. The number of carboxylic acid groups (broad SMARTS) is 1. The lowest BCUT2D eigenvalue weighted by Crippen LogP contribution is -2.56. The molecule has 6 N–H and O–H groups in total. The molecule has 19 nitrogen and oxygen atoms in total. The molecular formula is C103H94F25N5O14. The van der Waals surface area contributed by atoms with Crippen molar-refractivity contribution in [3.63, 3.8) is 0 Å². The highest BCUT2D eigenvalue weighted by Crippen LogP contribution is 2.46. The second kappa shape index (κ2) is 47.9. The minimum atomic E-state index is -5.22. The molecule has 3 fully saturated rings. The Hall–Kier alpha value is -14.4. The molecule has 0 spiro atoms. The largest absolute Gasteiger partial charge is 0.573 e. The van der Waals surface area contributed by atoms with Gasteiger partial charge in [-0.25, -0.2) is 22.8 Å². The van der Waals surface area contributed by atoms with Crippen molar-refractivity contribution in [3.8, 4) is 40.2 Å². The SMILES string of the molecule is C=C(OC)C1CCC(COc2ccc(CC(NC(=O)NCC(F)(F)F)(c3cccc(OC(F)(F)F)c3)c3cccc(OC(F)(F)F)c3)cc2)CC1.C=C(OC)C1CCC(COc2ccc(CC(NC(=O)c3ccc(F)c(C(F)(F)F)c3)(c3cccc(OC(F)(F)F)c3)c3cccc(OC(F)(F)F)c3)cc2)CC1.O=C(NC1CC(C(=O)O)C1)N[C@](Cc1ccccc1)(c1ccc(F)cc1)c1cc(F)cc(OC(F)(F)C(F)F)c1. The van der Waals surface area contributed by atoms with E-state index in [2.05, 4.69) is 58.1 Å². The van der Waals surface area contributed by atoms with Crippen LogP contribution in [0.15, 0.2) is 261 Å². The molecule has 3 saturated carbocycles. The van der Waals surface area contributed by atoms with E-state index >= 15 is 0 Å². The number of hydrogen-bond donors (Lipinski definition) is 6. The molecule has 3 aliphatic rings. The maximum atomic E-state index is 14.8. The van der Waals surface area contributed by atoms with Crippen LogP contribution in [0.25, 0.3) is 0 Å². The molecule has 13 rings (SSSR count). The van der Waals surface area contributed by atoms with Crippen LogP contribution in [0.1, 0.15) is 130 Å². The van der Waals surface area contributed by atoms with Crippen LogP contribution < -0.4 is 59.7 Å². The van der Waals surface area contributed by atoms with Crippen LogP contribution in [0, 0.1) is 47.0 Å². The standard InChI is InChI=1S/C40H35F10NO5.C35H35F9N2O5.C28H24F6N2O4/c1-24(53-2)27-13-9-26(10-14-27)23-54-31-16-11-25(12-17-31)22-37(29-5-3-7-32(20-29)55-39(45,46)47,30-6-4-8-33(21-30)56-40(48,49)50)51-36(52)28-15-18-35(41)34(19-28)38(42,43)44;1-22(48-2)25-13-9-24(10-14-25)20-49-28-15-11-23(12-16-28)19-32(46-31(47)45-21-33(36,37)38,26-5-3-7-29(17-26)50-34(39,40)41)27-6-4-8-30(18-27)51-35(42,43)44;29-20-8-6-18(7-9-20)27(15-16-4-2-1-3-5-16,36-26(39)35-22-10-17(11-22)24(37)38)19-12-21(30)14-23(13-19)40-28(33,34)25(31)32/h3-8,11-12,15-21,26-27H,1,9-10,13-14,22-23H2,2H3,(H,51,52);3-8,11-12,15-18,24-25H,1,9-10,13-14,19-21H2,2H3,(H2,45,46,47);1-9,12-14,17,22,25H,10-11,15H2,(H,37,38)(H2,35,36,39)/t;;17?,22?,27-/m..1/s1. The summed E-state index contributed by atoms with van der Waals surface area (Å²) in [6.45, 7) is 6.89. The summed E-state index contributed by atoms with van der Waals surface area (Å²) >= 11 is 0. The van der Waals surface area contributed by atoms with Crippen LogP contribution in [0.3, 0.4) is 0 Å². The smallest absolute Gasteiger partial charge is 0.501 e. The number of aliphatic carboxylic acids is 1. The number of amides is 5. The number of hydrogen-bond acceptors (Lipinski definition) is 13. The van der Waals surface area contributed by atoms with E-state index in [0.29, 0.717) is 53.5 Å². The summed E-state index contributed by atoms with van der Waals surface area (Å²) in [5.74, 6) is -6.89. The second-order valence-electron chi connectivity index (χ2n) is 34.7. The maximum Gasteiger partial charge on any atom is 0.573 e. The molecule has 10 aromatic carbocycles. The van der Waals surface area contributed by atoms with E-state index in [9.17, 15) is 129 Å². The van der Waals surface area contributed by atoms with Gasteiger partial charge in [0.1, 0.15) is 64.2 Å². The Morgan fingerprint density at radius 1 is 0.381 bits per heavy atom. The number of nitrogens with one attached hydrogen (secondary N) is 5. The van der Waals surface area contributed by atoms with Gasteiger partial charge in [0.2, 0.25) is 0 Å². The predicted molar refractivity (Wildman–Crippen MR) is 481 cm³/mol. The van der Waals surface area contributed by atoms with Gasteiger partial charge in [0, 0.05) is 48.8 Å². The van der Waals surface area contributed by atoms with Crippen molar-refractivity contribution in [1.29, 1.82) is 0 Å². The first-order chi connectivity index (χ1) is 69.0. The number of carbonyl (C=O) groups excluding carboxylic acids is 3. The van der Waals surface area contributed by atoms with Gasteiger partial charge in [0.05, 0.1) is 67.0 Å². The first kappa shape index (κ1) is 113. The third-order valence-corrected chi connectivity index (χ3v) is 24.4. The van der Waals surface area contributed by atoms with E-state index in [-0.39, 0.29) is 88.8 Å². The Morgan fingerprint density at radius 3 is 1.15 bits per heavy atom. The number of rotatable bonds is 36. The number of carboxylic acids is 1. The lowest BCUT2D eigenvalue weighted by atomic mass is 9.77. The summed E-state index contributed by atoms with van der Waals surface area (Å²) in [5, 5.41) is 21.1. The molecule has 0 heterocycles. The Balaban J connectivity index is 0.000000212. The maximum absolute atomic E-state index is 14.8. The monoisotopic (exact) mass is 2100 g/mol. The molecule has 0 aromatic heterocycles. The topological polar surface area (TPSA) is 232 Å². The fourth-order valence-electron chi connectivity index (χ4n) is 17.2. The first-order valence-electron chi connectivity index (χ1n) is 44.9. The zero-order valence-electron chi connectivity index (χ0n) is 77.5. The Morgan fingerprint density at radius 2 is 0.769 bits per heavy atom. The van der Waals surface area contributed by atoms with Gasteiger partial charge >= 0.3 is 68.4 Å². The van der Waals surface area contributed by atoms with Gasteiger partial charge in [0.25, 0.3) is 5.91 Å². The number of methoxy groups -OCH3 is 2. The number of carbonyl (C=O) groups is 4. The quantitative estimate of drug-likeness (QED) is 0.0158. The van der Waals surface area contributed by atoms with Crippen molar-refractivity contribution in [2.45, 2.75) is 156 Å². The van der Waals surface area contributed by atoms with Crippen LogP contribution in [0.4, 0.5) is 119 Å². The van der Waals surface area contributed by atoms with Crippen LogP contribution in [0.2, 0.25) is 0 Å². The van der Waals surface area contributed by atoms with Crippen LogP contribution in [-0.4, -0.2) is 113 Å². The van der Waals surface area contributed by atoms with Crippen LogP contribution in [-0.2, 0) is 56.3 Å². The van der Waals surface area contributed by atoms with Gasteiger partial charge in [-0.3, -0.25) is 9.59 Å². The van der Waals surface area contributed by atoms with Crippen molar-refractivity contribution in [3.05, 3.63) is 340 Å². The fraction of sp³-hybridized carbons (Fsp3) is 0.340. The minimum absolute atomic E-state index is 0.108. The molecule has 0 radical (unpaired) electrons. The number of alkyl halides is 22. The van der Waals surface area contributed by atoms with Crippen molar-refractivity contribution in [2.24, 2.45) is 29.6 Å². The van der Waals surface area contributed by atoms with Crippen molar-refractivity contribution < 1.29 is 177 Å². The highest BCUT2D eigenvalue weighted by atomic mass is 19.4. The summed E-state index contributed by atoms with van der Waals surface area (Å²) in [7, 11) is 3.17. The minimum Gasteiger partial charge on any atom is -0.501 e. The second-order valence-corrected chi connectivity index (χ2v) is 34.7. The lowest BCUT2D eigenvalue weighted by Gasteiger charge is -2.39. The van der Waals surface area contributed by atoms with E-state index in [1.165, 1.54) is 36.4 Å². The summed E-state index contributed by atoms with van der Waals surface area (Å²) in [5.41, 5.74) is -7.77. The van der Waals surface area contributed by atoms with Crippen LogP contribution in [0.5, 0.6) is 40.2 Å². The Kier molecular flexibility index (Phi) is 36.8. The average Bonchev–Trinajstić information content (AvgIpc) is 0.765. The van der Waals surface area contributed by atoms with Gasteiger partial charge in [-0.2, -0.15) is 43.9 Å². The van der Waals surface area contributed by atoms with Gasteiger partial charge in [0.15, 0.2) is 0 Å². The molecule has 0 aliphatic heterocycles. The number of ether oxygens (including phenoxy) is 9. The van der Waals surface area contributed by atoms with Crippen LogP contribution >= 0.6 is 0 Å². The van der Waals surface area contributed by atoms with Crippen molar-refractivity contribution in [2.75, 3.05) is 34.0 Å². The molecular weight excluding hydrogens is 2010 g/mol. The van der Waals surface area contributed by atoms with E-state index in [1.54, 1.807) is 98.4 Å². The Bertz CT molecular complexity index is 5990. The predicted octanol–water partition coefficient (Wildman–Crippen LogP) is 25.9. The van der Waals surface area contributed by atoms with E-state index in [0.717, 1.165) is 166 Å². The molecule has 44 heteroatoms. The van der Waals surface area contributed by atoms with E-state index in [4.69, 9.17) is 24.1 Å². The summed E-state index contributed by atoms with van der Waals surface area (Å²) in [6, 6.07) is 43.7. The average molecular weight is 2100 g/mol. The van der Waals surface area contributed by atoms with Gasteiger partial charge < -0.3 is 74.3 Å². The summed E-state index contributed by atoms with van der Waals surface area (Å²) in [6.07, 6.45) is -33.3. The third kappa shape index (κ3) is 32.8. The molecule has 0 bridgehead atoms. The molecule has 1 atom stereocenters. The van der Waals surface area contributed by atoms with E-state index < -0.39 is 173 Å². The van der Waals surface area contributed by atoms with Crippen molar-refractivity contribution in [1.82, 2.24) is 26.6 Å².